The second kappa shape index (κ2) is 9.84. The van der Waals surface area contributed by atoms with E-state index in [0.29, 0.717) is 48.1 Å². The maximum absolute atomic E-state index is 12.9. The quantitative estimate of drug-likeness (QED) is 0.651. The number of nitrogens with zero attached hydrogens (tertiary/aromatic N) is 2. The van der Waals surface area contributed by atoms with Gasteiger partial charge >= 0.3 is 12.0 Å². The first kappa shape index (κ1) is 21.9. The van der Waals surface area contributed by atoms with Gasteiger partial charge in [0.1, 0.15) is 18.0 Å². The predicted octanol–water partition coefficient (Wildman–Crippen LogP) is 2.76. The molecule has 3 amide bonds. The number of carbonyl (C=O) groups excluding carboxylic acids is 3. The highest BCUT2D eigenvalue weighted by atomic mass is 16.5. The topological polar surface area (TPSA) is 97.4 Å². The SMILES string of the molecule is CCOC(=O)c1ccc(NC(=O)CN2CCN(c3cc(OC)ccc3OC)C2=O)cc1. The third kappa shape index (κ3) is 5.06. The molecular weight excluding hydrogens is 402 g/mol. The van der Waals surface area contributed by atoms with Crippen LogP contribution >= 0.6 is 0 Å². The van der Waals surface area contributed by atoms with Gasteiger partial charge < -0.3 is 24.4 Å². The van der Waals surface area contributed by atoms with Gasteiger partial charge in [0.25, 0.3) is 0 Å². The summed E-state index contributed by atoms with van der Waals surface area (Å²) in [6.07, 6.45) is 0. The summed E-state index contributed by atoms with van der Waals surface area (Å²) in [6.45, 7) is 2.75. The monoisotopic (exact) mass is 427 g/mol. The largest absolute Gasteiger partial charge is 0.497 e. The highest BCUT2D eigenvalue weighted by Crippen LogP contribution is 2.34. The fourth-order valence-electron chi connectivity index (χ4n) is 3.24. The Morgan fingerprint density at radius 3 is 2.42 bits per heavy atom. The zero-order valence-corrected chi connectivity index (χ0v) is 17.7. The Balaban J connectivity index is 1.62. The first-order chi connectivity index (χ1) is 15.0. The lowest BCUT2D eigenvalue weighted by Gasteiger charge is -2.21. The van der Waals surface area contributed by atoms with Crippen molar-refractivity contribution in [2.75, 3.05) is 50.7 Å². The molecule has 0 saturated carbocycles. The zero-order chi connectivity index (χ0) is 22.4. The molecule has 0 spiro atoms. The van der Waals surface area contributed by atoms with Crippen molar-refractivity contribution in [3.05, 3.63) is 48.0 Å². The predicted molar refractivity (Wildman–Crippen MR) is 115 cm³/mol. The Morgan fingerprint density at radius 2 is 1.77 bits per heavy atom. The summed E-state index contributed by atoms with van der Waals surface area (Å²) in [5, 5.41) is 2.73. The van der Waals surface area contributed by atoms with Crippen molar-refractivity contribution in [2.45, 2.75) is 6.92 Å². The number of benzene rings is 2. The maximum atomic E-state index is 12.9. The molecule has 164 valence electrons. The Hall–Kier alpha value is -3.75. The minimum Gasteiger partial charge on any atom is -0.497 e. The van der Waals surface area contributed by atoms with E-state index in [-0.39, 0.29) is 18.5 Å². The van der Waals surface area contributed by atoms with Gasteiger partial charge in [-0.1, -0.05) is 0 Å². The van der Waals surface area contributed by atoms with Gasteiger partial charge in [0.2, 0.25) is 5.91 Å². The fraction of sp³-hybridized carbons (Fsp3) is 0.318. The van der Waals surface area contributed by atoms with E-state index in [4.69, 9.17) is 14.2 Å². The van der Waals surface area contributed by atoms with Gasteiger partial charge in [0, 0.05) is 24.8 Å². The van der Waals surface area contributed by atoms with E-state index in [9.17, 15) is 14.4 Å². The smallest absolute Gasteiger partial charge is 0.338 e. The summed E-state index contributed by atoms with van der Waals surface area (Å²) in [4.78, 5) is 40.0. The number of hydrogen-bond acceptors (Lipinski definition) is 6. The molecule has 31 heavy (non-hydrogen) atoms. The van der Waals surface area contributed by atoms with Gasteiger partial charge in [0.15, 0.2) is 0 Å². The Kier molecular flexibility index (Phi) is 6.96. The molecule has 3 rings (SSSR count). The molecule has 2 aromatic rings. The molecular formula is C22H25N3O6. The van der Waals surface area contributed by atoms with Crippen LogP contribution in [-0.2, 0) is 9.53 Å². The lowest BCUT2D eigenvalue weighted by atomic mass is 10.2. The second-order valence-electron chi connectivity index (χ2n) is 6.74. The molecule has 1 saturated heterocycles. The third-order valence-corrected chi connectivity index (χ3v) is 4.79. The molecule has 9 nitrogen and oxygen atoms in total. The van der Waals surface area contributed by atoms with Crippen LogP contribution in [0.2, 0.25) is 0 Å². The van der Waals surface area contributed by atoms with Crippen molar-refractivity contribution in [1.29, 1.82) is 0 Å². The normalized spacial score (nSPS) is 13.2. The number of esters is 1. The van der Waals surface area contributed by atoms with E-state index in [1.165, 1.54) is 12.0 Å². The van der Waals surface area contributed by atoms with E-state index in [1.54, 1.807) is 61.4 Å². The van der Waals surface area contributed by atoms with Crippen LogP contribution in [0.4, 0.5) is 16.2 Å². The van der Waals surface area contributed by atoms with E-state index in [1.807, 2.05) is 0 Å². The van der Waals surface area contributed by atoms with Crippen molar-refractivity contribution in [2.24, 2.45) is 0 Å². The Morgan fingerprint density at radius 1 is 1.03 bits per heavy atom. The van der Waals surface area contributed by atoms with Crippen LogP contribution in [0.25, 0.3) is 0 Å². The number of urea groups is 1. The first-order valence-corrected chi connectivity index (χ1v) is 9.82. The molecule has 2 aromatic carbocycles. The average Bonchev–Trinajstić information content (AvgIpc) is 3.13. The zero-order valence-electron chi connectivity index (χ0n) is 17.7. The van der Waals surface area contributed by atoms with E-state index in [0.717, 1.165) is 0 Å². The number of anilines is 2. The van der Waals surface area contributed by atoms with Crippen molar-refractivity contribution in [1.82, 2.24) is 4.90 Å². The highest BCUT2D eigenvalue weighted by Gasteiger charge is 2.32. The molecule has 1 heterocycles. The van der Waals surface area contributed by atoms with Crippen molar-refractivity contribution in [3.63, 3.8) is 0 Å². The molecule has 0 radical (unpaired) electrons. The van der Waals surface area contributed by atoms with Gasteiger partial charge in [-0.15, -0.1) is 0 Å². The van der Waals surface area contributed by atoms with Crippen LogP contribution in [0.5, 0.6) is 11.5 Å². The molecule has 1 aliphatic rings. The van der Waals surface area contributed by atoms with Gasteiger partial charge in [-0.25, -0.2) is 9.59 Å². The van der Waals surface area contributed by atoms with Gasteiger partial charge in [0.05, 0.1) is 32.1 Å². The highest BCUT2D eigenvalue weighted by molar-refractivity contribution is 6.00. The standard InChI is InChI=1S/C22H25N3O6/c1-4-31-21(27)15-5-7-16(8-6-15)23-20(26)14-24-11-12-25(22(24)28)18-13-17(29-2)9-10-19(18)30-3/h5-10,13H,4,11-12,14H2,1-3H3,(H,23,26). The van der Waals surface area contributed by atoms with Crippen LogP contribution < -0.4 is 19.7 Å². The fourth-order valence-corrected chi connectivity index (χ4v) is 3.24. The number of nitrogens with one attached hydrogen (secondary N) is 1. The number of carbonyl (C=O) groups is 3. The maximum Gasteiger partial charge on any atom is 0.338 e. The summed E-state index contributed by atoms with van der Waals surface area (Å²) in [5.74, 6) is 0.390. The lowest BCUT2D eigenvalue weighted by Crippen LogP contribution is -2.37. The van der Waals surface area contributed by atoms with E-state index < -0.39 is 5.97 Å². The lowest BCUT2D eigenvalue weighted by molar-refractivity contribution is -0.116. The Labute approximate surface area is 180 Å². The average molecular weight is 427 g/mol. The molecule has 0 aromatic heterocycles. The van der Waals surface area contributed by atoms with Crippen LogP contribution in [0.1, 0.15) is 17.3 Å². The van der Waals surface area contributed by atoms with Gasteiger partial charge in [-0.2, -0.15) is 0 Å². The van der Waals surface area contributed by atoms with Crippen molar-refractivity contribution >= 4 is 29.3 Å². The molecule has 1 aliphatic heterocycles. The van der Waals surface area contributed by atoms with E-state index in [2.05, 4.69) is 5.32 Å². The van der Waals surface area contributed by atoms with Crippen LogP contribution in [0.15, 0.2) is 42.5 Å². The third-order valence-electron chi connectivity index (χ3n) is 4.79. The summed E-state index contributed by atoms with van der Waals surface area (Å²) in [7, 11) is 3.08. The molecule has 0 unspecified atom stereocenters. The van der Waals surface area contributed by atoms with E-state index >= 15 is 0 Å². The summed E-state index contributed by atoms with van der Waals surface area (Å²) >= 11 is 0. The minimum absolute atomic E-state index is 0.0960. The number of rotatable bonds is 8. The minimum atomic E-state index is -0.420. The summed E-state index contributed by atoms with van der Waals surface area (Å²) in [6, 6.07) is 11.3. The molecule has 1 fully saturated rings. The molecule has 1 N–H and O–H groups in total. The Bertz CT molecular complexity index is 960. The van der Waals surface area contributed by atoms with Crippen molar-refractivity contribution < 1.29 is 28.6 Å². The number of amides is 3. The number of hydrogen-bond donors (Lipinski definition) is 1. The van der Waals surface area contributed by atoms with Gasteiger partial charge in [-0.05, 0) is 43.3 Å². The molecule has 0 bridgehead atoms. The molecule has 9 heteroatoms. The summed E-state index contributed by atoms with van der Waals surface area (Å²) in [5.41, 5.74) is 1.51. The number of methoxy groups -OCH3 is 2. The molecule has 0 aliphatic carbocycles. The second-order valence-corrected chi connectivity index (χ2v) is 6.74. The molecule has 0 atom stereocenters. The van der Waals surface area contributed by atoms with Crippen LogP contribution in [-0.4, -0.2) is 63.3 Å². The van der Waals surface area contributed by atoms with Crippen molar-refractivity contribution in [3.8, 4) is 11.5 Å². The summed E-state index contributed by atoms with van der Waals surface area (Å²) < 4.78 is 15.5. The van der Waals surface area contributed by atoms with Gasteiger partial charge in [-0.3, -0.25) is 9.69 Å². The first-order valence-electron chi connectivity index (χ1n) is 9.82. The number of ether oxygens (including phenoxy) is 3. The van der Waals surface area contributed by atoms with Crippen LogP contribution in [0.3, 0.4) is 0 Å². The van der Waals surface area contributed by atoms with Crippen LogP contribution in [0, 0.1) is 0 Å².